The van der Waals surface area contributed by atoms with Gasteiger partial charge in [0, 0.05) is 17.7 Å². The molecule has 0 heterocycles. The predicted molar refractivity (Wildman–Crippen MR) is 97.5 cm³/mol. The number of carbonyl (C=O) groups is 3. The van der Waals surface area contributed by atoms with Crippen LogP contribution in [0.1, 0.15) is 37.0 Å². The Hall–Kier alpha value is -3.01. The van der Waals surface area contributed by atoms with E-state index in [1.165, 1.54) is 0 Å². The molecule has 140 valence electrons. The van der Waals surface area contributed by atoms with Crippen molar-refractivity contribution in [2.24, 2.45) is 0 Å². The summed E-state index contributed by atoms with van der Waals surface area (Å²) in [5.41, 5.74) is 1.16. The van der Waals surface area contributed by atoms with E-state index in [9.17, 15) is 14.4 Å². The summed E-state index contributed by atoms with van der Waals surface area (Å²) >= 11 is 0. The molecule has 1 atom stereocenters. The number of benzene rings is 1. The van der Waals surface area contributed by atoms with Crippen LogP contribution in [0.5, 0.6) is 0 Å². The maximum absolute atomic E-state index is 12.4. The number of hydrogen-bond acceptors (Lipinski definition) is 6. The van der Waals surface area contributed by atoms with Gasteiger partial charge in [0.15, 0.2) is 0 Å². The summed E-state index contributed by atoms with van der Waals surface area (Å²) in [7, 11) is 0. The van der Waals surface area contributed by atoms with Gasteiger partial charge in [-0.1, -0.05) is 5.92 Å². The topological polar surface area (TPSA) is 93.7 Å². The summed E-state index contributed by atoms with van der Waals surface area (Å²) in [5, 5.41) is 5.59. The summed E-state index contributed by atoms with van der Waals surface area (Å²) < 4.78 is 9.80. The van der Waals surface area contributed by atoms with E-state index in [2.05, 4.69) is 16.6 Å². The quantitative estimate of drug-likeness (QED) is 0.488. The lowest BCUT2D eigenvalue weighted by atomic mass is 10.1. The van der Waals surface area contributed by atoms with Crippen molar-refractivity contribution in [1.82, 2.24) is 5.32 Å². The lowest BCUT2D eigenvalue weighted by molar-refractivity contribution is -0.146. The highest BCUT2D eigenvalue weighted by molar-refractivity contribution is 5.97. The third-order valence-electron chi connectivity index (χ3n) is 3.36. The summed E-state index contributed by atoms with van der Waals surface area (Å²) in [6.45, 7) is 4.19. The Balaban J connectivity index is 2.72. The summed E-state index contributed by atoms with van der Waals surface area (Å²) in [6, 6.07) is 5.73. The number of hydrogen-bond donors (Lipinski definition) is 2. The van der Waals surface area contributed by atoms with Gasteiger partial charge in [-0.05, 0) is 44.5 Å². The molecule has 0 spiro atoms. The Kier molecular flexibility index (Phi) is 9.33. The first-order chi connectivity index (χ1) is 12.5. The second-order valence-corrected chi connectivity index (χ2v) is 5.26. The van der Waals surface area contributed by atoms with Gasteiger partial charge in [-0.2, -0.15) is 0 Å². The van der Waals surface area contributed by atoms with Crippen molar-refractivity contribution in [1.29, 1.82) is 0 Å². The first-order valence-corrected chi connectivity index (χ1v) is 8.42. The Labute approximate surface area is 153 Å². The Morgan fingerprint density at radius 1 is 1.12 bits per heavy atom. The van der Waals surface area contributed by atoms with Crippen molar-refractivity contribution in [3.05, 3.63) is 29.8 Å². The number of terminal acetylenes is 1. The average Bonchev–Trinajstić information content (AvgIpc) is 2.64. The summed E-state index contributed by atoms with van der Waals surface area (Å²) in [5.74, 6) is 1.01. The molecule has 7 heteroatoms. The molecule has 0 bridgehead atoms. The van der Waals surface area contributed by atoms with Gasteiger partial charge in [0.05, 0.1) is 19.8 Å². The number of esters is 2. The number of anilines is 1. The van der Waals surface area contributed by atoms with Crippen molar-refractivity contribution in [3.8, 4) is 12.3 Å². The maximum atomic E-state index is 12.4. The molecule has 1 unspecified atom stereocenters. The average molecular weight is 360 g/mol. The normalized spacial score (nSPS) is 11.0. The van der Waals surface area contributed by atoms with Crippen LogP contribution in [0.2, 0.25) is 0 Å². The van der Waals surface area contributed by atoms with E-state index >= 15 is 0 Å². The van der Waals surface area contributed by atoms with E-state index in [1.54, 1.807) is 38.1 Å². The van der Waals surface area contributed by atoms with Crippen LogP contribution >= 0.6 is 0 Å². The van der Waals surface area contributed by atoms with Crippen molar-refractivity contribution < 1.29 is 23.9 Å². The lowest BCUT2D eigenvalue weighted by Gasteiger charge is -2.17. The minimum Gasteiger partial charge on any atom is -0.466 e. The van der Waals surface area contributed by atoms with Crippen LogP contribution in [0.25, 0.3) is 0 Å². The molecule has 7 nitrogen and oxygen atoms in total. The van der Waals surface area contributed by atoms with E-state index in [0.29, 0.717) is 12.1 Å². The first-order valence-electron chi connectivity index (χ1n) is 8.42. The molecule has 0 aliphatic carbocycles. The van der Waals surface area contributed by atoms with Crippen LogP contribution in [-0.2, 0) is 19.1 Å². The van der Waals surface area contributed by atoms with E-state index in [0.717, 1.165) is 5.69 Å². The van der Waals surface area contributed by atoms with Gasteiger partial charge in [0.1, 0.15) is 6.04 Å². The van der Waals surface area contributed by atoms with Crippen molar-refractivity contribution in [2.75, 3.05) is 25.1 Å². The van der Waals surface area contributed by atoms with Crippen LogP contribution in [0.4, 0.5) is 5.69 Å². The zero-order valence-corrected chi connectivity index (χ0v) is 15.0. The zero-order valence-electron chi connectivity index (χ0n) is 15.0. The Morgan fingerprint density at radius 3 is 2.35 bits per heavy atom. The fourth-order valence-corrected chi connectivity index (χ4v) is 2.12. The number of ether oxygens (including phenoxy) is 2. The van der Waals surface area contributed by atoms with Gasteiger partial charge in [-0.15, -0.1) is 6.42 Å². The highest BCUT2D eigenvalue weighted by Crippen LogP contribution is 2.10. The molecule has 0 aliphatic rings. The fraction of sp³-hybridized carbons (Fsp3) is 0.421. The van der Waals surface area contributed by atoms with Crippen LogP contribution < -0.4 is 10.6 Å². The molecular formula is C19H24N2O5. The molecule has 1 amide bonds. The molecule has 26 heavy (non-hydrogen) atoms. The van der Waals surface area contributed by atoms with Crippen LogP contribution in [-0.4, -0.2) is 43.6 Å². The van der Waals surface area contributed by atoms with E-state index < -0.39 is 23.9 Å². The van der Waals surface area contributed by atoms with Gasteiger partial charge >= 0.3 is 11.9 Å². The van der Waals surface area contributed by atoms with Gasteiger partial charge in [0.25, 0.3) is 5.91 Å². The molecule has 0 aliphatic heterocycles. The van der Waals surface area contributed by atoms with Gasteiger partial charge in [-0.25, -0.2) is 4.79 Å². The molecule has 1 aromatic rings. The lowest BCUT2D eigenvalue weighted by Crippen LogP contribution is -2.42. The fourth-order valence-electron chi connectivity index (χ4n) is 2.12. The third kappa shape index (κ3) is 7.26. The molecule has 0 saturated carbocycles. The molecule has 1 aromatic carbocycles. The molecule has 0 aromatic heterocycles. The Bertz CT molecular complexity index is 649. The molecule has 1 rings (SSSR count). The Morgan fingerprint density at radius 2 is 1.77 bits per heavy atom. The highest BCUT2D eigenvalue weighted by atomic mass is 16.5. The van der Waals surface area contributed by atoms with Crippen LogP contribution in [0.15, 0.2) is 24.3 Å². The third-order valence-corrected chi connectivity index (χ3v) is 3.36. The molecule has 0 saturated heterocycles. The van der Waals surface area contributed by atoms with Crippen molar-refractivity contribution in [2.45, 2.75) is 32.7 Å². The molecule has 0 fully saturated rings. The first kappa shape index (κ1) is 21.0. The number of amides is 1. The molecule has 2 N–H and O–H groups in total. The largest absolute Gasteiger partial charge is 0.466 e. The SMILES string of the molecule is C#CCNc1ccc(C(=O)NC(CCC(=O)OCC)C(=O)OCC)cc1. The minimum absolute atomic E-state index is 0.00650. The van der Waals surface area contributed by atoms with E-state index in [1.807, 2.05) is 0 Å². The van der Waals surface area contributed by atoms with E-state index in [-0.39, 0.29) is 26.1 Å². The maximum Gasteiger partial charge on any atom is 0.328 e. The van der Waals surface area contributed by atoms with Gasteiger partial charge < -0.3 is 20.1 Å². The highest BCUT2D eigenvalue weighted by Gasteiger charge is 2.23. The van der Waals surface area contributed by atoms with E-state index in [4.69, 9.17) is 15.9 Å². The molecule has 0 radical (unpaired) electrons. The van der Waals surface area contributed by atoms with Crippen LogP contribution in [0, 0.1) is 12.3 Å². The second kappa shape index (κ2) is 11.5. The number of carbonyl (C=O) groups excluding carboxylic acids is 3. The number of rotatable bonds is 10. The number of nitrogens with one attached hydrogen (secondary N) is 2. The molecular weight excluding hydrogens is 336 g/mol. The smallest absolute Gasteiger partial charge is 0.328 e. The van der Waals surface area contributed by atoms with Gasteiger partial charge in [0.2, 0.25) is 0 Å². The van der Waals surface area contributed by atoms with Gasteiger partial charge in [-0.3, -0.25) is 9.59 Å². The summed E-state index contributed by atoms with van der Waals surface area (Å²) in [6.07, 6.45) is 5.29. The monoisotopic (exact) mass is 360 g/mol. The predicted octanol–water partition coefficient (Wildman–Crippen LogP) is 1.74. The summed E-state index contributed by atoms with van der Waals surface area (Å²) in [4.78, 5) is 35.9. The minimum atomic E-state index is -0.925. The standard InChI is InChI=1S/C19H24N2O5/c1-4-13-20-15-9-7-14(8-10-15)18(23)21-16(19(24)26-6-3)11-12-17(22)25-5-2/h1,7-10,16,20H,5-6,11-13H2,2-3H3,(H,21,23). The van der Waals surface area contributed by atoms with Crippen molar-refractivity contribution in [3.63, 3.8) is 0 Å². The zero-order chi connectivity index (χ0) is 19.4. The second-order valence-electron chi connectivity index (χ2n) is 5.26. The van der Waals surface area contributed by atoms with Crippen LogP contribution in [0.3, 0.4) is 0 Å². The van der Waals surface area contributed by atoms with Crippen molar-refractivity contribution >= 4 is 23.5 Å².